The fourth-order valence-electron chi connectivity index (χ4n) is 2.53. The molecule has 1 aliphatic rings. The second-order valence-corrected chi connectivity index (χ2v) is 6.99. The second kappa shape index (κ2) is 7.38. The van der Waals surface area contributed by atoms with E-state index in [0.717, 1.165) is 19.6 Å². The van der Waals surface area contributed by atoms with Crippen molar-refractivity contribution < 1.29 is 0 Å². The van der Waals surface area contributed by atoms with E-state index in [-0.39, 0.29) is 0 Å². The first-order valence-corrected chi connectivity index (χ1v) is 8.52. The minimum absolute atomic E-state index is 0.478. The zero-order chi connectivity index (χ0) is 14.5. The Balaban J connectivity index is 2.04. The number of thiazole rings is 1. The summed E-state index contributed by atoms with van der Waals surface area (Å²) < 4.78 is 0. The number of hydrogen-bond acceptors (Lipinski definition) is 5. The van der Waals surface area contributed by atoms with E-state index >= 15 is 0 Å². The molecule has 0 aliphatic heterocycles. The molecule has 1 heterocycles. The van der Waals surface area contributed by atoms with E-state index in [2.05, 4.69) is 43.2 Å². The van der Waals surface area contributed by atoms with Gasteiger partial charge in [0.05, 0.1) is 11.7 Å². The zero-order valence-corrected chi connectivity index (χ0v) is 14.1. The number of hydrogen-bond donors (Lipinski definition) is 1. The van der Waals surface area contributed by atoms with Crippen LogP contribution in [0.25, 0.3) is 0 Å². The van der Waals surface area contributed by atoms with Crippen molar-refractivity contribution in [3.63, 3.8) is 0 Å². The van der Waals surface area contributed by atoms with E-state index in [1.807, 2.05) is 11.3 Å². The van der Waals surface area contributed by atoms with E-state index in [1.165, 1.54) is 41.4 Å². The SMILES string of the molecule is CCCNC1CCCc2sc(N(C)CCN(C)C)nc21. The molecule has 0 radical (unpaired) electrons. The molecular formula is C15H28N4S. The largest absolute Gasteiger partial charge is 0.350 e. The number of fused-ring (bicyclic) bond motifs is 1. The van der Waals surface area contributed by atoms with Crippen LogP contribution in [0.4, 0.5) is 5.13 Å². The molecule has 0 spiro atoms. The van der Waals surface area contributed by atoms with Crippen molar-refractivity contribution in [1.29, 1.82) is 0 Å². The summed E-state index contributed by atoms with van der Waals surface area (Å²) in [6, 6.07) is 0.478. The molecule has 1 atom stereocenters. The highest BCUT2D eigenvalue weighted by Crippen LogP contribution is 2.36. The fourth-order valence-corrected chi connectivity index (χ4v) is 3.68. The Hall–Kier alpha value is -0.650. The molecule has 20 heavy (non-hydrogen) atoms. The Morgan fingerprint density at radius 2 is 2.10 bits per heavy atom. The van der Waals surface area contributed by atoms with Crippen LogP contribution in [0.1, 0.15) is 42.8 Å². The van der Waals surface area contributed by atoms with Gasteiger partial charge in [0.25, 0.3) is 0 Å². The van der Waals surface area contributed by atoms with Crippen molar-refractivity contribution in [2.24, 2.45) is 0 Å². The average Bonchev–Trinajstić information content (AvgIpc) is 2.87. The van der Waals surface area contributed by atoms with Gasteiger partial charge < -0.3 is 15.1 Å². The lowest BCUT2D eigenvalue weighted by atomic mass is 9.97. The van der Waals surface area contributed by atoms with Crippen molar-refractivity contribution in [3.8, 4) is 0 Å². The lowest BCUT2D eigenvalue weighted by Gasteiger charge is -2.22. The highest BCUT2D eigenvalue weighted by atomic mass is 32.1. The third-order valence-corrected chi connectivity index (χ3v) is 5.04. The van der Waals surface area contributed by atoms with Crippen LogP contribution in [0.3, 0.4) is 0 Å². The number of nitrogens with one attached hydrogen (secondary N) is 1. The highest BCUT2D eigenvalue weighted by molar-refractivity contribution is 7.15. The summed E-state index contributed by atoms with van der Waals surface area (Å²) in [5, 5.41) is 4.83. The molecule has 1 aromatic rings. The van der Waals surface area contributed by atoms with Crippen molar-refractivity contribution in [2.75, 3.05) is 45.7 Å². The number of aromatic nitrogens is 1. The monoisotopic (exact) mass is 296 g/mol. The second-order valence-electron chi connectivity index (χ2n) is 5.93. The smallest absolute Gasteiger partial charge is 0.185 e. The van der Waals surface area contributed by atoms with E-state index < -0.39 is 0 Å². The maximum Gasteiger partial charge on any atom is 0.185 e. The zero-order valence-electron chi connectivity index (χ0n) is 13.3. The molecule has 4 nitrogen and oxygen atoms in total. The van der Waals surface area contributed by atoms with Crippen molar-refractivity contribution >= 4 is 16.5 Å². The third kappa shape index (κ3) is 3.93. The van der Waals surface area contributed by atoms with E-state index in [4.69, 9.17) is 4.98 Å². The van der Waals surface area contributed by atoms with Crippen LogP contribution in [-0.4, -0.2) is 50.7 Å². The minimum Gasteiger partial charge on any atom is -0.350 e. The predicted octanol–water partition coefficient (Wildman–Crippen LogP) is 2.52. The van der Waals surface area contributed by atoms with Crippen molar-refractivity contribution in [3.05, 3.63) is 10.6 Å². The summed E-state index contributed by atoms with van der Waals surface area (Å²) >= 11 is 1.89. The van der Waals surface area contributed by atoms with Gasteiger partial charge >= 0.3 is 0 Å². The van der Waals surface area contributed by atoms with Gasteiger partial charge in [-0.25, -0.2) is 4.98 Å². The van der Waals surface area contributed by atoms with E-state index in [0.29, 0.717) is 6.04 Å². The standard InChI is InChI=1S/C15H28N4S/c1-5-9-16-12-7-6-8-13-14(12)17-15(20-13)19(4)11-10-18(2)3/h12,16H,5-11H2,1-4H3. The number of rotatable bonds is 7. The Kier molecular flexibility index (Phi) is 5.81. The number of aryl methyl sites for hydroxylation is 1. The Bertz CT molecular complexity index is 416. The van der Waals surface area contributed by atoms with Gasteiger partial charge in [-0.3, -0.25) is 0 Å². The summed E-state index contributed by atoms with van der Waals surface area (Å²) in [7, 11) is 6.39. The van der Waals surface area contributed by atoms with Crippen LogP contribution in [0.15, 0.2) is 0 Å². The van der Waals surface area contributed by atoms with Gasteiger partial charge in [-0.15, -0.1) is 11.3 Å². The predicted molar refractivity (Wildman–Crippen MR) is 87.9 cm³/mol. The molecule has 0 fully saturated rings. The Morgan fingerprint density at radius 3 is 2.80 bits per heavy atom. The first-order valence-electron chi connectivity index (χ1n) is 7.70. The van der Waals surface area contributed by atoms with Crippen LogP contribution in [0.2, 0.25) is 0 Å². The molecule has 0 amide bonds. The first-order chi connectivity index (χ1) is 9.61. The lowest BCUT2D eigenvalue weighted by Crippen LogP contribution is -2.28. The van der Waals surface area contributed by atoms with Crippen LogP contribution < -0.4 is 10.2 Å². The first kappa shape index (κ1) is 15.7. The van der Waals surface area contributed by atoms with Gasteiger partial charge in [-0.1, -0.05) is 6.92 Å². The van der Waals surface area contributed by atoms with Gasteiger partial charge in [0.2, 0.25) is 0 Å². The normalized spacial score (nSPS) is 18.4. The maximum absolute atomic E-state index is 4.93. The number of likely N-dealkylation sites (N-methyl/N-ethyl adjacent to an activating group) is 2. The van der Waals surface area contributed by atoms with Gasteiger partial charge in [0.1, 0.15) is 0 Å². The molecule has 1 aliphatic carbocycles. The molecule has 0 saturated heterocycles. The highest BCUT2D eigenvalue weighted by Gasteiger charge is 2.25. The number of anilines is 1. The summed E-state index contributed by atoms with van der Waals surface area (Å²) in [6.45, 7) is 5.41. The van der Waals surface area contributed by atoms with E-state index in [1.54, 1.807) is 0 Å². The van der Waals surface area contributed by atoms with E-state index in [9.17, 15) is 0 Å². The molecule has 1 N–H and O–H groups in total. The van der Waals surface area contributed by atoms with Crippen LogP contribution in [-0.2, 0) is 6.42 Å². The van der Waals surface area contributed by atoms with Crippen LogP contribution >= 0.6 is 11.3 Å². The molecule has 2 rings (SSSR count). The average molecular weight is 296 g/mol. The van der Waals surface area contributed by atoms with Gasteiger partial charge in [0.15, 0.2) is 5.13 Å². The topological polar surface area (TPSA) is 31.4 Å². The quantitative estimate of drug-likeness (QED) is 0.838. The van der Waals surface area contributed by atoms with Crippen LogP contribution in [0.5, 0.6) is 0 Å². The molecule has 114 valence electrons. The van der Waals surface area contributed by atoms with Crippen molar-refractivity contribution in [2.45, 2.75) is 38.6 Å². The molecule has 1 unspecified atom stereocenters. The van der Waals surface area contributed by atoms with Gasteiger partial charge in [-0.2, -0.15) is 0 Å². The summed E-state index contributed by atoms with van der Waals surface area (Å²) in [6.07, 6.45) is 4.92. The molecule has 0 aromatic carbocycles. The molecule has 0 saturated carbocycles. The minimum atomic E-state index is 0.478. The molecule has 0 bridgehead atoms. The lowest BCUT2D eigenvalue weighted by molar-refractivity contribution is 0.416. The van der Waals surface area contributed by atoms with Crippen LogP contribution in [0, 0.1) is 0 Å². The number of nitrogens with zero attached hydrogens (tertiary/aromatic N) is 3. The Labute approximate surface area is 127 Å². The van der Waals surface area contributed by atoms with Gasteiger partial charge in [-0.05, 0) is 46.3 Å². The Morgan fingerprint density at radius 1 is 1.30 bits per heavy atom. The molecular weight excluding hydrogens is 268 g/mol. The molecule has 1 aromatic heterocycles. The maximum atomic E-state index is 4.93. The summed E-state index contributed by atoms with van der Waals surface area (Å²) in [5.41, 5.74) is 1.32. The summed E-state index contributed by atoms with van der Waals surface area (Å²) in [5.74, 6) is 0. The van der Waals surface area contributed by atoms with Gasteiger partial charge in [0, 0.05) is 25.0 Å². The molecule has 5 heteroatoms. The third-order valence-electron chi connectivity index (χ3n) is 3.79. The summed E-state index contributed by atoms with van der Waals surface area (Å²) in [4.78, 5) is 10.9. The fraction of sp³-hybridized carbons (Fsp3) is 0.800. The van der Waals surface area contributed by atoms with Crippen molar-refractivity contribution in [1.82, 2.24) is 15.2 Å².